The molecular weight excluding hydrogens is 408 g/mol. The molecule has 0 aromatic heterocycles. The third kappa shape index (κ3) is 6.40. The number of hydrogen-bond donors (Lipinski definition) is 2. The molecule has 0 spiro atoms. The smallest absolute Gasteiger partial charge is 0.255 e. The first kappa shape index (κ1) is 21.0. The van der Waals surface area contributed by atoms with Crippen LogP contribution in [0.15, 0.2) is 46.9 Å². The van der Waals surface area contributed by atoms with Gasteiger partial charge in [0.2, 0.25) is 5.91 Å². The van der Waals surface area contributed by atoms with Crippen LogP contribution < -0.4 is 15.4 Å². The van der Waals surface area contributed by atoms with Gasteiger partial charge in [-0.2, -0.15) is 0 Å². The molecule has 0 aliphatic carbocycles. The van der Waals surface area contributed by atoms with E-state index in [2.05, 4.69) is 40.4 Å². The van der Waals surface area contributed by atoms with Crippen molar-refractivity contribution in [1.29, 1.82) is 0 Å². The predicted octanol–water partition coefficient (Wildman–Crippen LogP) is 5.33. The minimum Gasteiger partial charge on any atom is -0.492 e. The average Bonchev–Trinajstić information content (AvgIpc) is 2.62. The maximum absolute atomic E-state index is 12.5. The van der Waals surface area contributed by atoms with Crippen LogP contribution in [0.1, 0.15) is 38.1 Å². The normalized spacial score (nSPS) is 10.8. The van der Waals surface area contributed by atoms with Crippen LogP contribution >= 0.6 is 15.9 Å². The van der Waals surface area contributed by atoms with Gasteiger partial charge in [0.15, 0.2) is 0 Å². The van der Waals surface area contributed by atoms with Crippen molar-refractivity contribution in [3.63, 3.8) is 0 Å². The van der Waals surface area contributed by atoms with Gasteiger partial charge >= 0.3 is 0 Å². The topological polar surface area (TPSA) is 67.4 Å². The predicted molar refractivity (Wildman–Crippen MR) is 112 cm³/mol. The van der Waals surface area contributed by atoms with E-state index in [9.17, 15) is 9.59 Å². The van der Waals surface area contributed by atoms with E-state index < -0.39 is 0 Å². The Kier molecular flexibility index (Phi) is 7.42. The number of hydrogen-bond acceptors (Lipinski definition) is 3. The Morgan fingerprint density at radius 1 is 0.963 bits per heavy atom. The lowest BCUT2D eigenvalue weighted by molar-refractivity contribution is -0.118. The van der Waals surface area contributed by atoms with Crippen LogP contribution in [-0.2, 0) is 4.79 Å². The molecule has 0 aliphatic rings. The lowest BCUT2D eigenvalue weighted by Gasteiger charge is -2.12. The Hall–Kier alpha value is -2.34. The van der Waals surface area contributed by atoms with Crippen LogP contribution in [-0.4, -0.2) is 18.4 Å². The number of rotatable bonds is 7. The molecule has 27 heavy (non-hydrogen) atoms. The van der Waals surface area contributed by atoms with Crippen LogP contribution in [0.3, 0.4) is 0 Å². The molecule has 0 saturated heterocycles. The highest BCUT2D eigenvalue weighted by atomic mass is 79.9. The van der Waals surface area contributed by atoms with Crippen LogP contribution in [0.25, 0.3) is 0 Å². The van der Waals surface area contributed by atoms with E-state index >= 15 is 0 Å². The number of carbonyl (C=O) groups is 2. The van der Waals surface area contributed by atoms with Gasteiger partial charge in [-0.05, 0) is 64.3 Å². The first-order chi connectivity index (χ1) is 12.8. The summed E-state index contributed by atoms with van der Waals surface area (Å²) in [6, 6.07) is 12.3. The SMILES string of the molecule is CC(C)COc1ccc(C(=O)Nc2ccc(NC(=O)C(C)C)cc2)cc1Br. The summed E-state index contributed by atoms with van der Waals surface area (Å²) >= 11 is 3.45. The van der Waals surface area contributed by atoms with Crippen molar-refractivity contribution in [3.05, 3.63) is 52.5 Å². The van der Waals surface area contributed by atoms with Crippen molar-refractivity contribution in [2.75, 3.05) is 17.2 Å². The fraction of sp³-hybridized carbons (Fsp3) is 0.333. The van der Waals surface area contributed by atoms with Crippen LogP contribution in [0.2, 0.25) is 0 Å². The van der Waals surface area contributed by atoms with Gasteiger partial charge in [-0.25, -0.2) is 0 Å². The van der Waals surface area contributed by atoms with E-state index in [-0.39, 0.29) is 17.7 Å². The van der Waals surface area contributed by atoms with Gasteiger partial charge in [0, 0.05) is 22.9 Å². The fourth-order valence-corrected chi connectivity index (χ4v) is 2.64. The van der Waals surface area contributed by atoms with E-state index in [1.165, 1.54) is 0 Å². The van der Waals surface area contributed by atoms with Gasteiger partial charge in [0.25, 0.3) is 5.91 Å². The maximum atomic E-state index is 12.5. The minimum absolute atomic E-state index is 0.0450. The van der Waals surface area contributed by atoms with E-state index in [1.807, 2.05) is 13.8 Å². The molecule has 2 rings (SSSR count). The second kappa shape index (κ2) is 9.55. The monoisotopic (exact) mass is 432 g/mol. The lowest BCUT2D eigenvalue weighted by Crippen LogP contribution is -2.17. The zero-order chi connectivity index (χ0) is 20.0. The molecule has 144 valence electrons. The highest BCUT2D eigenvalue weighted by Crippen LogP contribution is 2.27. The molecule has 0 heterocycles. The fourth-order valence-electron chi connectivity index (χ4n) is 2.14. The highest BCUT2D eigenvalue weighted by molar-refractivity contribution is 9.10. The Morgan fingerprint density at radius 3 is 2.07 bits per heavy atom. The van der Waals surface area contributed by atoms with E-state index in [0.29, 0.717) is 35.2 Å². The molecule has 0 aliphatic heterocycles. The zero-order valence-electron chi connectivity index (χ0n) is 16.0. The molecule has 6 heteroatoms. The largest absolute Gasteiger partial charge is 0.492 e. The molecule has 5 nitrogen and oxygen atoms in total. The Bertz CT molecular complexity index is 802. The number of halogens is 1. The molecule has 0 saturated carbocycles. The second-order valence-electron chi connectivity index (χ2n) is 7.03. The van der Waals surface area contributed by atoms with Gasteiger partial charge in [-0.3, -0.25) is 9.59 Å². The third-order valence-corrected chi connectivity index (χ3v) is 4.32. The highest BCUT2D eigenvalue weighted by Gasteiger charge is 2.11. The van der Waals surface area contributed by atoms with E-state index in [1.54, 1.807) is 42.5 Å². The zero-order valence-corrected chi connectivity index (χ0v) is 17.6. The lowest BCUT2D eigenvalue weighted by atomic mass is 10.2. The van der Waals surface area contributed by atoms with Crippen molar-refractivity contribution < 1.29 is 14.3 Å². The summed E-state index contributed by atoms with van der Waals surface area (Å²) in [6.45, 7) is 8.44. The molecule has 2 amide bonds. The van der Waals surface area contributed by atoms with Crippen molar-refractivity contribution in [1.82, 2.24) is 0 Å². The molecule has 2 aromatic rings. The molecule has 2 aromatic carbocycles. The summed E-state index contributed by atoms with van der Waals surface area (Å²) in [5.41, 5.74) is 1.87. The summed E-state index contributed by atoms with van der Waals surface area (Å²) in [5.74, 6) is 0.787. The van der Waals surface area contributed by atoms with Crippen LogP contribution in [0.5, 0.6) is 5.75 Å². The number of ether oxygens (including phenoxy) is 1. The first-order valence-corrected chi connectivity index (χ1v) is 9.70. The van der Waals surface area contributed by atoms with Gasteiger partial charge < -0.3 is 15.4 Å². The number of amides is 2. The summed E-state index contributed by atoms with van der Waals surface area (Å²) in [4.78, 5) is 24.2. The molecule has 0 radical (unpaired) electrons. The summed E-state index contributed by atoms with van der Waals surface area (Å²) in [6.07, 6.45) is 0. The quantitative estimate of drug-likeness (QED) is 0.620. The first-order valence-electron chi connectivity index (χ1n) is 8.91. The van der Waals surface area contributed by atoms with Crippen molar-refractivity contribution in [2.45, 2.75) is 27.7 Å². The van der Waals surface area contributed by atoms with E-state index in [4.69, 9.17) is 4.74 Å². The van der Waals surface area contributed by atoms with Gasteiger partial charge in [0.1, 0.15) is 5.75 Å². The molecular formula is C21H25BrN2O3. The maximum Gasteiger partial charge on any atom is 0.255 e. The number of nitrogens with one attached hydrogen (secondary N) is 2. The van der Waals surface area contributed by atoms with Gasteiger partial charge in [0.05, 0.1) is 11.1 Å². The number of benzene rings is 2. The molecule has 0 atom stereocenters. The van der Waals surface area contributed by atoms with Crippen LogP contribution in [0.4, 0.5) is 11.4 Å². The second-order valence-corrected chi connectivity index (χ2v) is 7.88. The van der Waals surface area contributed by atoms with Crippen molar-refractivity contribution >= 4 is 39.1 Å². The van der Waals surface area contributed by atoms with Crippen molar-refractivity contribution in [3.8, 4) is 5.75 Å². The Morgan fingerprint density at radius 2 is 1.56 bits per heavy atom. The van der Waals surface area contributed by atoms with Crippen molar-refractivity contribution in [2.24, 2.45) is 11.8 Å². The number of anilines is 2. The summed E-state index contributed by atoms with van der Waals surface area (Å²) in [5, 5.41) is 5.66. The Labute approximate surface area is 168 Å². The van der Waals surface area contributed by atoms with E-state index in [0.717, 1.165) is 4.47 Å². The average molecular weight is 433 g/mol. The Balaban J connectivity index is 2.00. The summed E-state index contributed by atoms with van der Waals surface area (Å²) in [7, 11) is 0. The molecule has 0 unspecified atom stereocenters. The van der Waals surface area contributed by atoms with Crippen LogP contribution in [0, 0.1) is 11.8 Å². The summed E-state index contributed by atoms with van der Waals surface area (Å²) < 4.78 is 6.44. The minimum atomic E-state index is -0.218. The standard InChI is InChI=1S/C21H25BrN2O3/c1-13(2)12-27-19-10-5-15(11-18(19)22)21(26)24-17-8-6-16(7-9-17)23-20(25)14(3)4/h5-11,13-14H,12H2,1-4H3,(H,23,25)(H,24,26). The molecule has 0 bridgehead atoms. The third-order valence-electron chi connectivity index (χ3n) is 3.70. The van der Waals surface area contributed by atoms with Gasteiger partial charge in [-0.1, -0.05) is 27.7 Å². The molecule has 2 N–H and O–H groups in total. The number of carbonyl (C=O) groups excluding carboxylic acids is 2. The molecule has 0 fully saturated rings. The van der Waals surface area contributed by atoms with Gasteiger partial charge in [-0.15, -0.1) is 0 Å².